The van der Waals surface area contributed by atoms with Crippen LogP contribution >= 0.6 is 0 Å². The van der Waals surface area contributed by atoms with Crippen LogP contribution in [0.4, 0.5) is 16.4 Å². The Bertz CT molecular complexity index is 698. The van der Waals surface area contributed by atoms with Crippen molar-refractivity contribution < 1.29 is 17.9 Å². The summed E-state index contributed by atoms with van der Waals surface area (Å²) in [5.74, 6) is -0.163. The first kappa shape index (κ1) is 14.7. The summed E-state index contributed by atoms with van der Waals surface area (Å²) in [6.07, 6.45) is -0.613. The van der Waals surface area contributed by atoms with Gasteiger partial charge >= 0.3 is 6.09 Å². The number of carbonyl (C=O) groups excluding carboxylic acids is 1. The van der Waals surface area contributed by atoms with Crippen molar-refractivity contribution in [2.45, 2.75) is 11.8 Å². The summed E-state index contributed by atoms with van der Waals surface area (Å²) in [5, 5.41) is 14.8. The van der Waals surface area contributed by atoms with Gasteiger partial charge in [0.1, 0.15) is 0 Å². The summed E-state index contributed by atoms with van der Waals surface area (Å²) >= 11 is 0. The smallest absolute Gasteiger partial charge is 0.411 e. The maximum atomic E-state index is 12.0. The van der Waals surface area contributed by atoms with Gasteiger partial charge in [-0.15, -0.1) is 5.10 Å². The third kappa shape index (κ3) is 3.89. The zero-order chi connectivity index (χ0) is 15.3. The molecule has 112 valence electrons. The van der Waals surface area contributed by atoms with Gasteiger partial charge < -0.3 is 4.74 Å². The maximum absolute atomic E-state index is 12.0. The molecule has 0 bridgehead atoms. The van der Waals surface area contributed by atoms with Crippen molar-refractivity contribution in [3.05, 3.63) is 24.3 Å². The number of aromatic nitrogens is 4. The van der Waals surface area contributed by atoms with Gasteiger partial charge in [-0.2, -0.15) is 5.21 Å². The second-order valence-corrected chi connectivity index (χ2v) is 5.39. The predicted molar refractivity (Wildman–Crippen MR) is 72.1 cm³/mol. The Labute approximate surface area is 119 Å². The van der Waals surface area contributed by atoms with E-state index >= 15 is 0 Å². The van der Waals surface area contributed by atoms with Gasteiger partial charge in [0, 0.05) is 5.69 Å². The highest BCUT2D eigenvalue weighted by Crippen LogP contribution is 2.16. The van der Waals surface area contributed by atoms with Crippen LogP contribution in [0.1, 0.15) is 6.92 Å². The fraction of sp³-hybridized carbons (Fsp3) is 0.200. The molecule has 1 aromatic carbocycles. The molecule has 3 N–H and O–H groups in total. The quantitative estimate of drug-likeness (QED) is 0.733. The molecular formula is C10H12N6O4S. The Balaban J connectivity index is 2.09. The molecule has 1 aromatic heterocycles. The minimum absolute atomic E-state index is 0.0123. The lowest BCUT2D eigenvalue weighted by molar-refractivity contribution is 0.168. The van der Waals surface area contributed by atoms with Crippen LogP contribution in [-0.4, -0.2) is 41.7 Å². The second kappa shape index (κ2) is 6.17. The first-order valence-corrected chi connectivity index (χ1v) is 7.29. The molecule has 0 radical (unpaired) electrons. The van der Waals surface area contributed by atoms with Crippen molar-refractivity contribution >= 4 is 27.8 Å². The van der Waals surface area contributed by atoms with Crippen molar-refractivity contribution in [1.82, 2.24) is 20.6 Å². The largest absolute Gasteiger partial charge is 0.450 e. The molecule has 2 rings (SSSR count). The van der Waals surface area contributed by atoms with Crippen molar-refractivity contribution in [2.24, 2.45) is 0 Å². The number of nitrogens with one attached hydrogen (secondary N) is 3. The summed E-state index contributed by atoms with van der Waals surface area (Å²) in [4.78, 5) is 11.2. The number of anilines is 2. The van der Waals surface area contributed by atoms with Gasteiger partial charge in [0.25, 0.3) is 16.0 Å². The highest BCUT2D eigenvalue weighted by Gasteiger charge is 2.16. The van der Waals surface area contributed by atoms with Crippen LogP contribution in [-0.2, 0) is 14.8 Å². The molecule has 0 fully saturated rings. The molecule has 0 spiro atoms. The molecule has 0 aliphatic rings. The highest BCUT2D eigenvalue weighted by molar-refractivity contribution is 7.92. The van der Waals surface area contributed by atoms with E-state index < -0.39 is 16.1 Å². The van der Waals surface area contributed by atoms with Gasteiger partial charge in [-0.1, -0.05) is 5.10 Å². The van der Waals surface area contributed by atoms with E-state index in [2.05, 4.69) is 30.7 Å². The Kier molecular flexibility index (Phi) is 4.33. The van der Waals surface area contributed by atoms with E-state index in [9.17, 15) is 13.2 Å². The molecule has 21 heavy (non-hydrogen) atoms. The number of nitrogens with zero attached hydrogens (tertiary/aromatic N) is 3. The Morgan fingerprint density at radius 1 is 1.33 bits per heavy atom. The molecule has 11 heteroatoms. The number of benzene rings is 1. The summed E-state index contributed by atoms with van der Waals surface area (Å²) in [7, 11) is -3.82. The third-order valence-corrected chi connectivity index (χ3v) is 3.60. The lowest BCUT2D eigenvalue weighted by atomic mass is 10.3. The number of rotatable bonds is 5. The number of tetrazole rings is 1. The number of carbonyl (C=O) groups is 1. The highest BCUT2D eigenvalue weighted by atomic mass is 32.2. The van der Waals surface area contributed by atoms with Crippen LogP contribution < -0.4 is 10.0 Å². The third-order valence-electron chi connectivity index (χ3n) is 2.26. The molecule has 0 aliphatic carbocycles. The molecule has 10 nitrogen and oxygen atoms in total. The van der Waals surface area contributed by atoms with Crippen LogP contribution in [0.25, 0.3) is 0 Å². The van der Waals surface area contributed by atoms with E-state index in [0.717, 1.165) is 0 Å². The number of amides is 1. The van der Waals surface area contributed by atoms with E-state index in [1.807, 2.05) is 0 Å². The molecule has 1 heterocycles. The summed E-state index contributed by atoms with van der Waals surface area (Å²) in [6.45, 7) is 1.92. The van der Waals surface area contributed by atoms with Crippen LogP contribution in [0.3, 0.4) is 0 Å². The van der Waals surface area contributed by atoms with E-state index in [1.54, 1.807) is 6.92 Å². The van der Waals surface area contributed by atoms with Gasteiger partial charge in [-0.25, -0.2) is 17.9 Å². The minimum atomic E-state index is -3.82. The maximum Gasteiger partial charge on any atom is 0.411 e. The number of hydrogen-bond acceptors (Lipinski definition) is 7. The second-order valence-electron chi connectivity index (χ2n) is 3.71. The SMILES string of the molecule is CCOC(=O)Nc1ccc(S(=O)(=O)Nc2nn[nH]n2)cc1. The normalized spacial score (nSPS) is 10.9. The molecule has 0 unspecified atom stereocenters. The summed E-state index contributed by atoms with van der Waals surface area (Å²) in [5.41, 5.74) is 0.409. The molecule has 0 saturated carbocycles. The Hall–Kier alpha value is -2.69. The van der Waals surface area contributed by atoms with Crippen LogP contribution in [0.15, 0.2) is 29.2 Å². The fourth-order valence-electron chi connectivity index (χ4n) is 1.39. The van der Waals surface area contributed by atoms with E-state index in [1.165, 1.54) is 24.3 Å². The van der Waals surface area contributed by atoms with Crippen molar-refractivity contribution in [2.75, 3.05) is 16.6 Å². The topological polar surface area (TPSA) is 139 Å². The van der Waals surface area contributed by atoms with E-state index in [-0.39, 0.29) is 17.5 Å². The fourth-order valence-corrected chi connectivity index (χ4v) is 2.33. The van der Waals surface area contributed by atoms with Crippen LogP contribution in [0.5, 0.6) is 0 Å². The number of ether oxygens (including phenoxy) is 1. The predicted octanol–water partition coefficient (Wildman–Crippen LogP) is 0.569. The van der Waals surface area contributed by atoms with E-state index in [0.29, 0.717) is 5.69 Å². The zero-order valence-corrected chi connectivity index (χ0v) is 11.7. The first-order valence-electron chi connectivity index (χ1n) is 5.81. The monoisotopic (exact) mass is 312 g/mol. The zero-order valence-electron chi connectivity index (χ0n) is 10.9. The molecule has 0 atom stereocenters. The average molecular weight is 312 g/mol. The Morgan fingerprint density at radius 2 is 2.05 bits per heavy atom. The standard InChI is InChI=1S/C10H12N6O4S/c1-2-20-10(17)11-7-3-5-8(6-4-7)21(18,19)14-9-12-15-16-13-9/h3-6H,2H2,1H3,(H,11,17)(H2,12,13,14,15,16). The van der Waals surface area contributed by atoms with Crippen LogP contribution in [0, 0.1) is 0 Å². The average Bonchev–Trinajstić information content (AvgIpc) is 2.91. The number of sulfonamides is 1. The summed E-state index contributed by atoms with van der Waals surface area (Å²) < 4.78 is 30.8. The van der Waals surface area contributed by atoms with Gasteiger partial charge in [-0.3, -0.25) is 5.32 Å². The molecule has 2 aromatic rings. The van der Waals surface area contributed by atoms with E-state index in [4.69, 9.17) is 4.74 Å². The van der Waals surface area contributed by atoms with Gasteiger partial charge in [0.15, 0.2) is 0 Å². The van der Waals surface area contributed by atoms with Crippen molar-refractivity contribution in [3.63, 3.8) is 0 Å². The lowest BCUT2D eigenvalue weighted by Crippen LogP contribution is -2.15. The summed E-state index contributed by atoms with van der Waals surface area (Å²) in [6, 6.07) is 5.51. The van der Waals surface area contributed by atoms with Gasteiger partial charge in [0.2, 0.25) is 0 Å². The molecule has 0 saturated heterocycles. The lowest BCUT2D eigenvalue weighted by Gasteiger charge is -2.07. The number of hydrogen-bond donors (Lipinski definition) is 3. The molecular weight excluding hydrogens is 300 g/mol. The van der Waals surface area contributed by atoms with Crippen LogP contribution in [0.2, 0.25) is 0 Å². The van der Waals surface area contributed by atoms with Crippen molar-refractivity contribution in [1.29, 1.82) is 0 Å². The molecule has 0 aliphatic heterocycles. The molecule has 1 amide bonds. The number of aromatic amines is 1. The van der Waals surface area contributed by atoms with Crippen molar-refractivity contribution in [3.8, 4) is 0 Å². The van der Waals surface area contributed by atoms with Gasteiger partial charge in [-0.05, 0) is 36.4 Å². The van der Waals surface area contributed by atoms with Gasteiger partial charge in [0.05, 0.1) is 11.5 Å². The minimum Gasteiger partial charge on any atom is -0.450 e. The first-order chi connectivity index (χ1) is 10.0. The Morgan fingerprint density at radius 3 is 2.62 bits per heavy atom. The number of H-pyrrole nitrogens is 1.